The normalized spacial score (nSPS) is 18.1. The lowest BCUT2D eigenvalue weighted by molar-refractivity contribution is 0.509. The zero-order chi connectivity index (χ0) is 15.4. The van der Waals surface area contributed by atoms with Crippen LogP contribution in [-0.4, -0.2) is 10.8 Å². The van der Waals surface area contributed by atoms with Crippen LogP contribution >= 0.6 is 18.9 Å². The molecule has 2 heteroatoms. The fraction of sp³-hybridized carbons (Fsp3) is 0.400. The zero-order valence-electron chi connectivity index (χ0n) is 13.3. The van der Waals surface area contributed by atoms with Crippen LogP contribution in [-0.2, 0) is 0 Å². The quantitative estimate of drug-likeness (QED) is 0.507. The average Bonchev–Trinajstić information content (AvgIpc) is 2.58. The minimum absolute atomic E-state index is 0.181. The van der Waals surface area contributed by atoms with Crippen LogP contribution < -0.4 is 10.6 Å². The fourth-order valence-electron chi connectivity index (χ4n) is 4.11. The van der Waals surface area contributed by atoms with Gasteiger partial charge in [0.05, 0.1) is 5.66 Å². The lowest BCUT2D eigenvalue weighted by atomic mass is 10.0. The van der Waals surface area contributed by atoms with E-state index in [0.29, 0.717) is 0 Å². The third-order valence-corrected chi connectivity index (χ3v) is 11.1. The van der Waals surface area contributed by atoms with Crippen LogP contribution in [0.25, 0.3) is 0 Å². The first-order chi connectivity index (χ1) is 10.8. The molecule has 0 nitrogen and oxygen atoms in total. The molecule has 1 aliphatic rings. The van der Waals surface area contributed by atoms with E-state index in [9.17, 15) is 0 Å². The second kappa shape index (κ2) is 7.16. The Morgan fingerprint density at radius 3 is 1.68 bits per heavy atom. The molecule has 1 aliphatic carbocycles. The van der Waals surface area contributed by atoms with Crippen LogP contribution in [0.5, 0.6) is 0 Å². The van der Waals surface area contributed by atoms with Crippen LogP contribution in [0.1, 0.15) is 39.0 Å². The number of rotatable bonds is 4. The lowest BCUT2D eigenvalue weighted by Crippen LogP contribution is -2.37. The van der Waals surface area contributed by atoms with Gasteiger partial charge in [0.15, 0.2) is 0 Å². The van der Waals surface area contributed by atoms with Gasteiger partial charge in [-0.25, -0.2) is 0 Å². The molecule has 3 rings (SSSR count). The van der Waals surface area contributed by atoms with Crippen molar-refractivity contribution in [1.82, 2.24) is 0 Å². The SMILES string of the molecule is C[C@H](Cl)[P+](c1ccccc1)(c1ccccc1)C1CCCCC1. The van der Waals surface area contributed by atoms with Crippen LogP contribution in [0.3, 0.4) is 0 Å². The molecule has 2 aromatic rings. The van der Waals surface area contributed by atoms with Crippen molar-refractivity contribution in [2.75, 3.05) is 0 Å². The van der Waals surface area contributed by atoms with Crippen molar-refractivity contribution in [1.29, 1.82) is 0 Å². The summed E-state index contributed by atoms with van der Waals surface area (Å²) in [6.45, 7) is 2.23. The summed E-state index contributed by atoms with van der Waals surface area (Å²) >= 11 is 6.95. The molecule has 0 bridgehead atoms. The summed E-state index contributed by atoms with van der Waals surface area (Å²) in [4.78, 5) is 0. The molecular formula is C20H25ClP+. The van der Waals surface area contributed by atoms with Crippen molar-refractivity contribution in [2.24, 2.45) is 0 Å². The molecule has 116 valence electrons. The molecule has 1 atom stereocenters. The van der Waals surface area contributed by atoms with Crippen LogP contribution in [0.2, 0.25) is 0 Å². The van der Waals surface area contributed by atoms with Gasteiger partial charge in [0, 0.05) is 0 Å². The summed E-state index contributed by atoms with van der Waals surface area (Å²) in [7, 11) is -1.58. The zero-order valence-corrected chi connectivity index (χ0v) is 14.9. The van der Waals surface area contributed by atoms with Gasteiger partial charge in [-0.15, -0.1) is 0 Å². The maximum absolute atomic E-state index is 6.95. The first-order valence-corrected chi connectivity index (χ1v) is 10.8. The Labute approximate surface area is 140 Å². The molecule has 1 fully saturated rings. The Kier molecular flexibility index (Phi) is 5.21. The van der Waals surface area contributed by atoms with Crippen LogP contribution in [0, 0.1) is 0 Å². The van der Waals surface area contributed by atoms with Gasteiger partial charge >= 0.3 is 0 Å². The summed E-state index contributed by atoms with van der Waals surface area (Å²) in [5.41, 5.74) is 0.735. The summed E-state index contributed by atoms with van der Waals surface area (Å²) in [5.74, 6) is 0. The Hall–Kier alpha value is -0.840. The number of hydrogen-bond acceptors (Lipinski definition) is 0. The number of benzene rings is 2. The van der Waals surface area contributed by atoms with E-state index in [-0.39, 0.29) is 5.12 Å². The predicted octanol–water partition coefficient (Wildman–Crippen LogP) is 5.57. The van der Waals surface area contributed by atoms with Crippen molar-refractivity contribution in [3.8, 4) is 0 Å². The smallest absolute Gasteiger partial charge is 0.0780 e. The minimum Gasteiger partial charge on any atom is -0.0780 e. The third-order valence-electron chi connectivity index (χ3n) is 5.08. The molecular weight excluding hydrogens is 307 g/mol. The number of halogens is 1. The van der Waals surface area contributed by atoms with E-state index in [2.05, 4.69) is 67.6 Å². The molecule has 0 aromatic heterocycles. The molecule has 2 aromatic carbocycles. The Morgan fingerprint density at radius 2 is 1.27 bits per heavy atom. The van der Waals surface area contributed by atoms with Crippen molar-refractivity contribution in [3.63, 3.8) is 0 Å². The highest BCUT2D eigenvalue weighted by atomic mass is 35.5. The molecule has 0 radical (unpaired) electrons. The first kappa shape index (κ1) is 16.0. The summed E-state index contributed by atoms with van der Waals surface area (Å²) < 4.78 is 0. The molecule has 0 heterocycles. The molecule has 0 saturated heterocycles. The topological polar surface area (TPSA) is 0 Å². The first-order valence-electron chi connectivity index (χ1n) is 8.40. The second-order valence-electron chi connectivity index (χ2n) is 6.31. The van der Waals surface area contributed by atoms with Gasteiger partial charge in [0.25, 0.3) is 0 Å². The van der Waals surface area contributed by atoms with Gasteiger partial charge in [0.2, 0.25) is 0 Å². The Morgan fingerprint density at radius 1 is 0.818 bits per heavy atom. The summed E-state index contributed by atoms with van der Waals surface area (Å²) in [6.07, 6.45) is 6.76. The Balaban J connectivity index is 2.19. The van der Waals surface area contributed by atoms with E-state index >= 15 is 0 Å². The molecule has 0 unspecified atom stereocenters. The lowest BCUT2D eigenvalue weighted by Gasteiger charge is -2.38. The number of hydrogen-bond donors (Lipinski definition) is 0. The van der Waals surface area contributed by atoms with Gasteiger partial charge in [-0.2, -0.15) is 0 Å². The summed E-state index contributed by atoms with van der Waals surface area (Å²) in [5, 5.41) is 3.15. The van der Waals surface area contributed by atoms with Crippen molar-refractivity contribution < 1.29 is 0 Å². The van der Waals surface area contributed by atoms with Gasteiger partial charge in [0.1, 0.15) is 23.0 Å². The molecule has 22 heavy (non-hydrogen) atoms. The van der Waals surface area contributed by atoms with Crippen molar-refractivity contribution in [2.45, 2.75) is 49.8 Å². The van der Waals surface area contributed by atoms with Gasteiger partial charge in [-0.1, -0.05) is 54.4 Å². The standard InChI is InChI=1S/C20H25ClP/c1-17(21)22(18-11-5-2-6-12-18,19-13-7-3-8-14-19)20-15-9-4-10-16-20/h2-3,5-8,11-14,17,20H,4,9-10,15-16H2,1H3/q+1/t17-/m1/s1. The maximum atomic E-state index is 6.95. The molecule has 0 spiro atoms. The highest BCUT2D eigenvalue weighted by molar-refractivity contribution is 7.91. The molecule has 0 amide bonds. The van der Waals surface area contributed by atoms with Crippen LogP contribution in [0.4, 0.5) is 0 Å². The van der Waals surface area contributed by atoms with E-state index in [1.807, 2.05) is 0 Å². The van der Waals surface area contributed by atoms with E-state index in [1.54, 1.807) is 0 Å². The monoisotopic (exact) mass is 331 g/mol. The van der Waals surface area contributed by atoms with E-state index in [4.69, 9.17) is 11.6 Å². The molecule has 1 saturated carbocycles. The second-order valence-corrected chi connectivity index (χ2v) is 11.4. The summed E-state index contributed by atoms with van der Waals surface area (Å²) in [6, 6.07) is 22.2. The highest BCUT2D eigenvalue weighted by Crippen LogP contribution is 2.68. The third kappa shape index (κ3) is 2.84. The van der Waals surface area contributed by atoms with Gasteiger partial charge in [-0.3, -0.25) is 0 Å². The molecule has 0 N–H and O–H groups in total. The molecule has 0 aliphatic heterocycles. The van der Waals surface area contributed by atoms with Crippen molar-refractivity contribution >= 4 is 29.5 Å². The minimum atomic E-state index is -1.58. The Bertz CT molecular complexity index is 534. The average molecular weight is 332 g/mol. The maximum Gasteiger partial charge on any atom is 0.149 e. The fourth-order valence-corrected chi connectivity index (χ4v) is 10.3. The van der Waals surface area contributed by atoms with Gasteiger partial charge in [-0.05, 0) is 56.9 Å². The highest BCUT2D eigenvalue weighted by Gasteiger charge is 2.53. The van der Waals surface area contributed by atoms with E-state index in [1.165, 1.54) is 42.7 Å². The van der Waals surface area contributed by atoms with E-state index in [0.717, 1.165) is 5.66 Å². The van der Waals surface area contributed by atoms with Gasteiger partial charge < -0.3 is 0 Å². The number of alkyl halides is 1. The van der Waals surface area contributed by atoms with E-state index < -0.39 is 7.26 Å². The predicted molar refractivity (Wildman–Crippen MR) is 101 cm³/mol. The van der Waals surface area contributed by atoms with Crippen molar-refractivity contribution in [3.05, 3.63) is 60.7 Å². The van der Waals surface area contributed by atoms with Crippen LogP contribution in [0.15, 0.2) is 60.7 Å². The largest absolute Gasteiger partial charge is 0.149 e.